The van der Waals surface area contributed by atoms with E-state index in [1.807, 2.05) is 0 Å². The van der Waals surface area contributed by atoms with Gasteiger partial charge >= 0.3 is 0 Å². The molecule has 0 aromatic heterocycles. The Morgan fingerprint density at radius 2 is 1.41 bits per heavy atom. The fourth-order valence-electron chi connectivity index (χ4n) is 2.05. The van der Waals surface area contributed by atoms with Crippen molar-refractivity contribution in [3.63, 3.8) is 0 Å². The highest BCUT2D eigenvalue weighted by Gasteiger charge is 2.08. The Kier molecular flexibility index (Phi) is 11.4. The molecule has 0 aliphatic carbocycles. The van der Waals surface area contributed by atoms with E-state index in [1.165, 1.54) is 51.4 Å². The molecule has 17 heavy (non-hydrogen) atoms. The summed E-state index contributed by atoms with van der Waals surface area (Å²) in [5, 5.41) is 0. The van der Waals surface area contributed by atoms with Crippen molar-refractivity contribution in [1.82, 2.24) is 0 Å². The summed E-state index contributed by atoms with van der Waals surface area (Å²) in [6, 6.07) is 0. The molecule has 0 unspecified atom stereocenters. The van der Waals surface area contributed by atoms with Gasteiger partial charge in [-0.05, 0) is 63.0 Å². The predicted octanol–water partition coefficient (Wildman–Crippen LogP) is 6.80. The molecular formula is C16H29I. The van der Waals surface area contributed by atoms with Gasteiger partial charge in [0.1, 0.15) is 0 Å². The van der Waals surface area contributed by atoms with E-state index in [9.17, 15) is 0 Å². The first-order valence-corrected chi connectivity index (χ1v) is 8.35. The van der Waals surface area contributed by atoms with E-state index in [0.29, 0.717) is 0 Å². The van der Waals surface area contributed by atoms with Crippen molar-refractivity contribution in [3.05, 3.63) is 20.8 Å². The van der Waals surface area contributed by atoms with Crippen LogP contribution in [0.25, 0.3) is 0 Å². The number of hydrogen-bond acceptors (Lipinski definition) is 0. The number of halogens is 1. The average molecular weight is 348 g/mol. The molecule has 100 valence electrons. The maximum absolute atomic E-state index is 2.57. The predicted molar refractivity (Wildman–Crippen MR) is 88.8 cm³/mol. The molecular weight excluding hydrogens is 319 g/mol. The molecule has 0 spiro atoms. The first-order chi connectivity index (χ1) is 8.21. The Morgan fingerprint density at radius 1 is 0.824 bits per heavy atom. The summed E-state index contributed by atoms with van der Waals surface area (Å²) in [5.41, 5.74) is 3.29. The second-order valence-electron chi connectivity index (χ2n) is 4.65. The van der Waals surface area contributed by atoms with Gasteiger partial charge in [0.15, 0.2) is 0 Å². The van der Waals surface area contributed by atoms with Gasteiger partial charge in [-0.2, -0.15) is 0 Å². The van der Waals surface area contributed by atoms with Crippen LogP contribution in [0.2, 0.25) is 0 Å². The van der Waals surface area contributed by atoms with Crippen molar-refractivity contribution in [2.24, 2.45) is 0 Å². The molecule has 0 amide bonds. The van der Waals surface area contributed by atoms with Crippen LogP contribution >= 0.6 is 22.6 Å². The third-order valence-electron chi connectivity index (χ3n) is 2.88. The maximum atomic E-state index is 2.57. The molecule has 0 atom stereocenters. The average Bonchev–Trinajstić information content (AvgIpc) is 2.32. The monoisotopic (exact) mass is 348 g/mol. The van der Waals surface area contributed by atoms with Crippen molar-refractivity contribution in [2.75, 3.05) is 0 Å². The molecule has 0 saturated carbocycles. The second kappa shape index (κ2) is 11.3. The van der Waals surface area contributed by atoms with Crippen LogP contribution < -0.4 is 0 Å². The van der Waals surface area contributed by atoms with Crippen LogP contribution in [0.15, 0.2) is 20.8 Å². The second-order valence-corrected chi connectivity index (χ2v) is 5.95. The Labute approximate surface area is 122 Å². The lowest BCUT2D eigenvalue weighted by atomic mass is 9.95. The minimum Gasteiger partial charge on any atom is -0.0810 e. The lowest BCUT2D eigenvalue weighted by Gasteiger charge is -2.14. The summed E-state index contributed by atoms with van der Waals surface area (Å²) in [6.45, 7) is 9.12. The molecule has 0 bridgehead atoms. The molecule has 0 aliphatic heterocycles. The largest absolute Gasteiger partial charge is 0.0810 e. The van der Waals surface area contributed by atoms with Crippen LogP contribution in [0.1, 0.15) is 79.1 Å². The Morgan fingerprint density at radius 3 is 1.88 bits per heavy atom. The van der Waals surface area contributed by atoms with Gasteiger partial charge in [0.2, 0.25) is 0 Å². The zero-order valence-electron chi connectivity index (χ0n) is 12.1. The van der Waals surface area contributed by atoms with Gasteiger partial charge in [-0.3, -0.25) is 0 Å². The van der Waals surface area contributed by atoms with E-state index in [1.54, 1.807) is 14.7 Å². The molecule has 0 saturated heterocycles. The fraction of sp³-hybridized carbons (Fsp3) is 0.750. The number of unbranched alkanes of at least 4 members (excludes halogenated alkanes) is 1. The normalized spacial score (nSPS) is 13.8. The molecule has 0 heterocycles. The molecule has 0 radical (unpaired) electrons. The van der Waals surface area contributed by atoms with Crippen LogP contribution in [0.3, 0.4) is 0 Å². The van der Waals surface area contributed by atoms with Crippen molar-refractivity contribution >= 4 is 22.6 Å². The van der Waals surface area contributed by atoms with Crippen LogP contribution in [-0.2, 0) is 0 Å². The molecule has 0 nitrogen and oxygen atoms in total. The summed E-state index contributed by atoms with van der Waals surface area (Å²) in [7, 11) is 0. The van der Waals surface area contributed by atoms with Gasteiger partial charge in [-0.15, -0.1) is 0 Å². The first-order valence-electron chi connectivity index (χ1n) is 7.27. The van der Waals surface area contributed by atoms with E-state index in [-0.39, 0.29) is 0 Å². The Hall–Kier alpha value is 0.210. The van der Waals surface area contributed by atoms with Crippen LogP contribution in [-0.4, -0.2) is 0 Å². The maximum Gasteiger partial charge on any atom is -0.00595 e. The Balaban J connectivity index is 5.00. The smallest absolute Gasteiger partial charge is 0.00595 e. The zero-order chi connectivity index (χ0) is 13.1. The first kappa shape index (κ1) is 17.2. The van der Waals surface area contributed by atoms with E-state index in [2.05, 4.69) is 56.4 Å². The van der Waals surface area contributed by atoms with Gasteiger partial charge in [-0.25, -0.2) is 0 Å². The minimum absolute atomic E-state index is 1.23. The summed E-state index contributed by atoms with van der Waals surface area (Å²) < 4.78 is 1.60. The molecule has 0 rings (SSSR count). The third kappa shape index (κ3) is 7.28. The fourth-order valence-corrected chi connectivity index (χ4v) is 3.21. The number of rotatable bonds is 9. The topological polar surface area (TPSA) is 0 Å². The minimum atomic E-state index is 1.23. The molecule has 0 aliphatic rings. The van der Waals surface area contributed by atoms with Crippen molar-refractivity contribution in [3.8, 4) is 0 Å². The van der Waals surface area contributed by atoms with Crippen LogP contribution in [0.5, 0.6) is 0 Å². The highest BCUT2D eigenvalue weighted by Crippen LogP contribution is 2.30. The van der Waals surface area contributed by atoms with E-state index in [4.69, 9.17) is 0 Å². The summed E-state index contributed by atoms with van der Waals surface area (Å²) >= 11 is 2.57. The lowest BCUT2D eigenvalue weighted by Crippen LogP contribution is -1.94. The highest BCUT2D eigenvalue weighted by molar-refractivity contribution is 14.1. The number of hydrogen-bond donors (Lipinski definition) is 0. The summed E-state index contributed by atoms with van der Waals surface area (Å²) in [6.07, 6.45) is 12.5. The lowest BCUT2D eigenvalue weighted by molar-refractivity contribution is 0.823. The molecule has 0 aromatic rings. The quantitative estimate of drug-likeness (QED) is 0.317. The summed E-state index contributed by atoms with van der Waals surface area (Å²) in [5.74, 6) is 0. The van der Waals surface area contributed by atoms with Gasteiger partial charge < -0.3 is 0 Å². The van der Waals surface area contributed by atoms with Gasteiger partial charge in [-0.1, -0.05) is 59.5 Å². The van der Waals surface area contributed by atoms with Crippen LogP contribution in [0, 0.1) is 0 Å². The van der Waals surface area contributed by atoms with Gasteiger partial charge in [0.05, 0.1) is 0 Å². The highest BCUT2D eigenvalue weighted by atomic mass is 127. The molecule has 1 heteroatoms. The Bertz CT molecular complexity index is 248. The molecule has 0 aromatic carbocycles. The molecule has 0 N–H and O–H groups in total. The van der Waals surface area contributed by atoms with Crippen LogP contribution in [0.4, 0.5) is 0 Å². The zero-order valence-corrected chi connectivity index (χ0v) is 14.3. The van der Waals surface area contributed by atoms with Gasteiger partial charge in [0.25, 0.3) is 0 Å². The van der Waals surface area contributed by atoms with Crippen molar-refractivity contribution in [2.45, 2.75) is 79.1 Å². The van der Waals surface area contributed by atoms with E-state index >= 15 is 0 Å². The SMILES string of the molecule is CCC/C=C(CCC)/C(CCC)=C(/I)CCC. The van der Waals surface area contributed by atoms with Crippen molar-refractivity contribution in [1.29, 1.82) is 0 Å². The summed E-state index contributed by atoms with van der Waals surface area (Å²) in [4.78, 5) is 0. The standard InChI is InChI=1S/C16H29I/c1-5-9-13-14(10-6-2)15(11-7-3)16(17)12-8-4/h13H,5-12H2,1-4H3/b14-13+,16-15+. The van der Waals surface area contributed by atoms with E-state index < -0.39 is 0 Å². The van der Waals surface area contributed by atoms with Crippen molar-refractivity contribution < 1.29 is 0 Å². The third-order valence-corrected chi connectivity index (χ3v) is 4.07. The van der Waals surface area contributed by atoms with Gasteiger partial charge in [0, 0.05) is 0 Å². The molecule has 0 fully saturated rings. The number of allylic oxidation sites excluding steroid dienone is 4. The van der Waals surface area contributed by atoms with E-state index in [0.717, 1.165) is 0 Å².